The minimum Gasteiger partial charge on any atom is -0.493 e. The molecule has 0 unspecified atom stereocenters. The highest BCUT2D eigenvalue weighted by atomic mass is 16.5. The summed E-state index contributed by atoms with van der Waals surface area (Å²) in [6.07, 6.45) is 4.56. The van der Waals surface area contributed by atoms with E-state index in [0.717, 1.165) is 12.2 Å². The number of benzene rings is 3. The number of nitrogens with zero attached hydrogens (tertiary/aromatic N) is 1. The van der Waals surface area contributed by atoms with Crippen molar-refractivity contribution in [2.75, 3.05) is 7.11 Å². The van der Waals surface area contributed by atoms with Gasteiger partial charge in [0, 0.05) is 18.3 Å². The largest absolute Gasteiger partial charge is 0.493 e. The van der Waals surface area contributed by atoms with Crippen LogP contribution in [0.2, 0.25) is 0 Å². The van der Waals surface area contributed by atoms with Gasteiger partial charge in [0.05, 0.1) is 7.11 Å². The molecular formula is C26H23NO2. The maximum atomic E-state index is 6.14. The summed E-state index contributed by atoms with van der Waals surface area (Å²) in [6.45, 7) is 0. The van der Waals surface area contributed by atoms with Crippen molar-refractivity contribution in [3.05, 3.63) is 120 Å². The molecule has 3 heteroatoms. The van der Waals surface area contributed by atoms with Gasteiger partial charge in [0.25, 0.3) is 0 Å². The standard InChI is InChI=1S/C26H23NO2/c1-28-25-13-12-22(19-26(25)29-23-10-6-3-7-11-23)24(21-8-4-2-5-9-21)18-20-14-16-27-17-15-20/h2-17,19,24H,18H2,1H3/t24-/m1/s1. The maximum absolute atomic E-state index is 6.14. The molecular weight excluding hydrogens is 358 g/mol. The van der Waals surface area contributed by atoms with Crippen molar-refractivity contribution in [3.8, 4) is 17.2 Å². The Morgan fingerprint density at radius 2 is 1.41 bits per heavy atom. The Bertz CT molecular complexity index is 1030. The van der Waals surface area contributed by atoms with E-state index in [1.807, 2.05) is 54.9 Å². The molecule has 0 aliphatic heterocycles. The molecule has 4 rings (SSSR count). The van der Waals surface area contributed by atoms with Crippen LogP contribution in [0.15, 0.2) is 103 Å². The molecule has 0 saturated heterocycles. The molecule has 3 nitrogen and oxygen atoms in total. The molecule has 0 bridgehead atoms. The lowest BCUT2D eigenvalue weighted by atomic mass is 9.86. The van der Waals surface area contributed by atoms with Gasteiger partial charge in [0.1, 0.15) is 5.75 Å². The van der Waals surface area contributed by atoms with Crippen LogP contribution in [-0.2, 0) is 6.42 Å². The Hall–Kier alpha value is -3.59. The Labute approximate surface area is 171 Å². The van der Waals surface area contributed by atoms with Crippen molar-refractivity contribution in [1.82, 2.24) is 4.98 Å². The van der Waals surface area contributed by atoms with E-state index in [1.165, 1.54) is 16.7 Å². The predicted molar refractivity (Wildman–Crippen MR) is 116 cm³/mol. The first kappa shape index (κ1) is 18.8. The normalized spacial score (nSPS) is 11.6. The first-order valence-corrected chi connectivity index (χ1v) is 9.68. The lowest BCUT2D eigenvalue weighted by Gasteiger charge is -2.20. The third kappa shape index (κ3) is 4.64. The fraction of sp³-hybridized carbons (Fsp3) is 0.115. The molecule has 0 radical (unpaired) electrons. The zero-order valence-corrected chi connectivity index (χ0v) is 16.4. The van der Waals surface area contributed by atoms with Gasteiger partial charge in [-0.1, -0.05) is 54.6 Å². The number of hydrogen-bond acceptors (Lipinski definition) is 3. The van der Waals surface area contributed by atoms with E-state index in [-0.39, 0.29) is 5.92 Å². The van der Waals surface area contributed by atoms with Gasteiger partial charge in [-0.3, -0.25) is 4.98 Å². The smallest absolute Gasteiger partial charge is 0.169 e. The van der Waals surface area contributed by atoms with E-state index in [2.05, 4.69) is 53.5 Å². The second-order valence-electron chi connectivity index (χ2n) is 6.85. The molecule has 4 aromatic rings. The highest BCUT2D eigenvalue weighted by Gasteiger charge is 2.18. The van der Waals surface area contributed by atoms with Gasteiger partial charge in [-0.25, -0.2) is 0 Å². The van der Waals surface area contributed by atoms with Crippen LogP contribution in [0.25, 0.3) is 0 Å². The Morgan fingerprint density at radius 3 is 2.10 bits per heavy atom. The summed E-state index contributed by atoms with van der Waals surface area (Å²) < 4.78 is 11.7. The number of methoxy groups -OCH3 is 1. The molecule has 0 aliphatic rings. The van der Waals surface area contributed by atoms with Crippen LogP contribution in [0.4, 0.5) is 0 Å². The van der Waals surface area contributed by atoms with Crippen molar-refractivity contribution in [1.29, 1.82) is 0 Å². The maximum Gasteiger partial charge on any atom is 0.169 e. The van der Waals surface area contributed by atoms with Crippen LogP contribution >= 0.6 is 0 Å². The SMILES string of the molecule is COc1ccc([C@H](Cc2ccncc2)c2ccccc2)cc1Oc1ccccc1. The number of rotatable bonds is 7. The van der Waals surface area contributed by atoms with E-state index in [0.29, 0.717) is 11.5 Å². The monoisotopic (exact) mass is 381 g/mol. The second-order valence-corrected chi connectivity index (χ2v) is 6.85. The van der Waals surface area contributed by atoms with Gasteiger partial charge >= 0.3 is 0 Å². The molecule has 29 heavy (non-hydrogen) atoms. The van der Waals surface area contributed by atoms with Crippen molar-refractivity contribution in [2.45, 2.75) is 12.3 Å². The van der Waals surface area contributed by atoms with Gasteiger partial charge in [-0.2, -0.15) is 0 Å². The summed E-state index contributed by atoms with van der Waals surface area (Å²) in [4.78, 5) is 4.15. The molecule has 3 aromatic carbocycles. The van der Waals surface area contributed by atoms with Gasteiger partial charge < -0.3 is 9.47 Å². The number of para-hydroxylation sites is 1. The summed E-state index contributed by atoms with van der Waals surface area (Å²) in [5, 5.41) is 0. The van der Waals surface area contributed by atoms with E-state index >= 15 is 0 Å². The average Bonchev–Trinajstić information content (AvgIpc) is 2.79. The summed E-state index contributed by atoms with van der Waals surface area (Å²) in [7, 11) is 1.67. The average molecular weight is 381 g/mol. The summed E-state index contributed by atoms with van der Waals surface area (Å²) in [6, 6.07) is 30.7. The first-order chi connectivity index (χ1) is 14.3. The Balaban J connectivity index is 1.73. The van der Waals surface area contributed by atoms with E-state index in [1.54, 1.807) is 7.11 Å². The lowest BCUT2D eigenvalue weighted by molar-refractivity contribution is 0.378. The van der Waals surface area contributed by atoms with Crippen LogP contribution in [0.3, 0.4) is 0 Å². The van der Waals surface area contributed by atoms with Crippen molar-refractivity contribution < 1.29 is 9.47 Å². The highest BCUT2D eigenvalue weighted by molar-refractivity contribution is 5.48. The molecule has 144 valence electrons. The van der Waals surface area contributed by atoms with Crippen molar-refractivity contribution in [2.24, 2.45) is 0 Å². The second kappa shape index (κ2) is 9.07. The number of ether oxygens (including phenoxy) is 2. The Kier molecular flexibility index (Phi) is 5.87. The van der Waals surface area contributed by atoms with Gasteiger partial charge in [-0.05, 0) is 59.5 Å². The summed E-state index contributed by atoms with van der Waals surface area (Å²) in [5.41, 5.74) is 3.69. The summed E-state index contributed by atoms with van der Waals surface area (Å²) >= 11 is 0. The van der Waals surface area contributed by atoms with Crippen molar-refractivity contribution in [3.63, 3.8) is 0 Å². The third-order valence-corrected chi connectivity index (χ3v) is 4.95. The number of aromatic nitrogens is 1. The van der Waals surface area contributed by atoms with Crippen LogP contribution in [0.1, 0.15) is 22.6 Å². The minimum absolute atomic E-state index is 0.197. The topological polar surface area (TPSA) is 31.4 Å². The zero-order chi connectivity index (χ0) is 19.9. The van der Waals surface area contributed by atoms with E-state index in [4.69, 9.17) is 9.47 Å². The molecule has 0 aliphatic carbocycles. The zero-order valence-electron chi connectivity index (χ0n) is 16.4. The Morgan fingerprint density at radius 1 is 0.724 bits per heavy atom. The fourth-order valence-corrected chi connectivity index (χ4v) is 3.47. The van der Waals surface area contributed by atoms with E-state index in [9.17, 15) is 0 Å². The van der Waals surface area contributed by atoms with Crippen LogP contribution in [-0.4, -0.2) is 12.1 Å². The van der Waals surface area contributed by atoms with Crippen LogP contribution in [0.5, 0.6) is 17.2 Å². The third-order valence-electron chi connectivity index (χ3n) is 4.95. The van der Waals surface area contributed by atoms with Gasteiger partial charge in [0.15, 0.2) is 11.5 Å². The van der Waals surface area contributed by atoms with Crippen LogP contribution in [0, 0.1) is 0 Å². The molecule has 0 fully saturated rings. The molecule has 0 spiro atoms. The molecule has 0 N–H and O–H groups in total. The highest BCUT2D eigenvalue weighted by Crippen LogP contribution is 2.37. The lowest BCUT2D eigenvalue weighted by Crippen LogP contribution is -2.06. The predicted octanol–water partition coefficient (Wildman–Crippen LogP) is 6.26. The molecule has 1 aromatic heterocycles. The van der Waals surface area contributed by atoms with E-state index < -0.39 is 0 Å². The first-order valence-electron chi connectivity index (χ1n) is 9.68. The molecule has 0 saturated carbocycles. The number of pyridine rings is 1. The molecule has 0 amide bonds. The quantitative estimate of drug-likeness (QED) is 0.379. The fourth-order valence-electron chi connectivity index (χ4n) is 3.47. The van der Waals surface area contributed by atoms with Gasteiger partial charge in [-0.15, -0.1) is 0 Å². The van der Waals surface area contributed by atoms with Crippen LogP contribution < -0.4 is 9.47 Å². The summed E-state index contributed by atoms with van der Waals surface area (Å²) in [5.74, 6) is 2.41. The molecule has 1 heterocycles. The minimum atomic E-state index is 0.197. The van der Waals surface area contributed by atoms with Crippen molar-refractivity contribution >= 4 is 0 Å². The van der Waals surface area contributed by atoms with Gasteiger partial charge in [0.2, 0.25) is 0 Å². The number of hydrogen-bond donors (Lipinski definition) is 0. The molecule has 1 atom stereocenters.